The van der Waals surface area contributed by atoms with E-state index in [0.717, 1.165) is 12.0 Å². The molecule has 1 aromatic rings. The summed E-state index contributed by atoms with van der Waals surface area (Å²) in [6.45, 7) is 3.94. The van der Waals surface area contributed by atoms with E-state index < -0.39 is 0 Å². The standard InChI is InChI=1S/C15H19NO2/c1-5-7-13(6-2)16-15(17)12-9-8-11(3)14(10-12)18-4/h1,8-10,13H,6-7H2,2-4H3,(H,16,17). The molecule has 0 aliphatic heterocycles. The lowest BCUT2D eigenvalue weighted by Crippen LogP contribution is -2.34. The molecule has 0 aromatic heterocycles. The molecule has 1 atom stereocenters. The fourth-order valence-electron chi connectivity index (χ4n) is 1.67. The van der Waals surface area contributed by atoms with E-state index in [1.165, 1.54) is 0 Å². The first-order chi connectivity index (χ1) is 8.62. The smallest absolute Gasteiger partial charge is 0.251 e. The summed E-state index contributed by atoms with van der Waals surface area (Å²) in [5, 5.41) is 2.92. The largest absolute Gasteiger partial charge is 0.496 e. The van der Waals surface area contributed by atoms with Gasteiger partial charge in [0.05, 0.1) is 7.11 Å². The maximum absolute atomic E-state index is 12.0. The average molecular weight is 245 g/mol. The van der Waals surface area contributed by atoms with Crippen molar-refractivity contribution < 1.29 is 9.53 Å². The normalized spacial score (nSPS) is 11.4. The SMILES string of the molecule is C#CCC(CC)NC(=O)c1ccc(C)c(OC)c1. The molecule has 0 aliphatic rings. The van der Waals surface area contributed by atoms with E-state index in [9.17, 15) is 4.79 Å². The number of ether oxygens (including phenoxy) is 1. The molecule has 96 valence electrons. The molecule has 0 saturated heterocycles. The molecule has 0 fully saturated rings. The highest BCUT2D eigenvalue weighted by Crippen LogP contribution is 2.19. The molecule has 0 bridgehead atoms. The summed E-state index contributed by atoms with van der Waals surface area (Å²) >= 11 is 0. The van der Waals surface area contributed by atoms with Gasteiger partial charge in [0.25, 0.3) is 5.91 Å². The summed E-state index contributed by atoms with van der Waals surface area (Å²) in [5.74, 6) is 3.17. The van der Waals surface area contributed by atoms with Crippen LogP contribution in [0.4, 0.5) is 0 Å². The Bertz CT molecular complexity index is 460. The van der Waals surface area contributed by atoms with Crippen molar-refractivity contribution in [2.24, 2.45) is 0 Å². The van der Waals surface area contributed by atoms with Crippen LogP contribution in [0.1, 0.15) is 35.7 Å². The van der Waals surface area contributed by atoms with Gasteiger partial charge in [0.1, 0.15) is 5.75 Å². The van der Waals surface area contributed by atoms with Crippen LogP contribution in [0.3, 0.4) is 0 Å². The zero-order chi connectivity index (χ0) is 13.5. The number of aryl methyl sites for hydroxylation is 1. The number of hydrogen-bond acceptors (Lipinski definition) is 2. The molecule has 1 rings (SSSR count). The minimum atomic E-state index is -0.115. The Morgan fingerprint density at radius 2 is 2.28 bits per heavy atom. The van der Waals surface area contributed by atoms with E-state index in [1.54, 1.807) is 19.2 Å². The second kappa shape index (κ2) is 6.70. The van der Waals surface area contributed by atoms with Gasteiger partial charge >= 0.3 is 0 Å². The first kappa shape index (κ1) is 14.1. The molecular formula is C15H19NO2. The van der Waals surface area contributed by atoms with Gasteiger partial charge in [-0.1, -0.05) is 13.0 Å². The van der Waals surface area contributed by atoms with Gasteiger partial charge in [0.15, 0.2) is 0 Å². The van der Waals surface area contributed by atoms with Crippen molar-refractivity contribution in [3.63, 3.8) is 0 Å². The second-order valence-corrected chi connectivity index (χ2v) is 4.17. The number of hydrogen-bond donors (Lipinski definition) is 1. The summed E-state index contributed by atoms with van der Waals surface area (Å²) in [4.78, 5) is 12.0. The lowest BCUT2D eigenvalue weighted by Gasteiger charge is -2.15. The number of benzene rings is 1. The van der Waals surface area contributed by atoms with Crippen LogP contribution >= 0.6 is 0 Å². The highest BCUT2D eigenvalue weighted by molar-refractivity contribution is 5.94. The van der Waals surface area contributed by atoms with E-state index in [2.05, 4.69) is 11.2 Å². The van der Waals surface area contributed by atoms with Gasteiger partial charge in [0, 0.05) is 18.0 Å². The molecule has 3 nitrogen and oxygen atoms in total. The fourth-order valence-corrected chi connectivity index (χ4v) is 1.67. The van der Waals surface area contributed by atoms with Gasteiger partial charge in [-0.25, -0.2) is 0 Å². The van der Waals surface area contributed by atoms with Crippen molar-refractivity contribution in [1.29, 1.82) is 0 Å². The zero-order valence-electron chi connectivity index (χ0n) is 11.1. The van der Waals surface area contributed by atoms with Gasteiger partial charge < -0.3 is 10.1 Å². The van der Waals surface area contributed by atoms with E-state index in [4.69, 9.17) is 11.2 Å². The molecule has 0 aliphatic carbocycles. The van der Waals surface area contributed by atoms with E-state index in [-0.39, 0.29) is 11.9 Å². The predicted octanol–water partition coefficient (Wildman–Crippen LogP) is 2.54. The molecule has 0 spiro atoms. The quantitative estimate of drug-likeness (QED) is 0.810. The molecule has 1 N–H and O–H groups in total. The molecule has 1 amide bonds. The Balaban J connectivity index is 2.81. The number of rotatable bonds is 5. The van der Waals surface area contributed by atoms with Crippen molar-refractivity contribution in [2.75, 3.05) is 7.11 Å². The highest BCUT2D eigenvalue weighted by atomic mass is 16.5. The summed E-state index contributed by atoms with van der Waals surface area (Å²) in [5.41, 5.74) is 1.60. The lowest BCUT2D eigenvalue weighted by atomic mass is 10.1. The second-order valence-electron chi connectivity index (χ2n) is 4.17. The van der Waals surface area contributed by atoms with Crippen LogP contribution in [0.25, 0.3) is 0 Å². The van der Waals surface area contributed by atoms with Crippen LogP contribution in [-0.2, 0) is 0 Å². The third-order valence-electron chi connectivity index (χ3n) is 2.86. The topological polar surface area (TPSA) is 38.3 Å². The van der Waals surface area contributed by atoms with Gasteiger partial charge in [-0.05, 0) is 31.0 Å². The van der Waals surface area contributed by atoms with E-state index >= 15 is 0 Å². The first-order valence-electron chi connectivity index (χ1n) is 6.01. The Hall–Kier alpha value is -1.95. The van der Waals surface area contributed by atoms with Crippen molar-refractivity contribution in [3.8, 4) is 18.1 Å². The monoisotopic (exact) mass is 245 g/mol. The van der Waals surface area contributed by atoms with Crippen LogP contribution in [0, 0.1) is 19.3 Å². The van der Waals surface area contributed by atoms with Crippen LogP contribution in [0.15, 0.2) is 18.2 Å². The zero-order valence-corrected chi connectivity index (χ0v) is 11.1. The number of carbonyl (C=O) groups excluding carboxylic acids is 1. The number of carbonyl (C=O) groups is 1. The van der Waals surface area contributed by atoms with Gasteiger partial charge in [-0.15, -0.1) is 12.3 Å². The maximum atomic E-state index is 12.0. The van der Waals surface area contributed by atoms with Gasteiger partial charge in [0.2, 0.25) is 0 Å². The molecule has 0 saturated carbocycles. The summed E-state index contributed by atoms with van der Waals surface area (Å²) < 4.78 is 5.20. The van der Waals surface area contributed by atoms with Crippen LogP contribution in [-0.4, -0.2) is 19.1 Å². The number of methoxy groups -OCH3 is 1. The summed E-state index contributed by atoms with van der Waals surface area (Å²) in [6.07, 6.45) is 6.63. The number of terminal acetylenes is 1. The summed E-state index contributed by atoms with van der Waals surface area (Å²) in [7, 11) is 1.59. The average Bonchev–Trinajstić information content (AvgIpc) is 2.38. The van der Waals surface area contributed by atoms with Crippen LogP contribution < -0.4 is 10.1 Å². The predicted molar refractivity (Wildman–Crippen MR) is 72.7 cm³/mol. The Morgan fingerprint density at radius 1 is 1.56 bits per heavy atom. The van der Waals surface area contributed by atoms with Crippen molar-refractivity contribution in [3.05, 3.63) is 29.3 Å². The molecule has 3 heteroatoms. The van der Waals surface area contributed by atoms with Crippen LogP contribution in [0.5, 0.6) is 5.75 Å². The van der Waals surface area contributed by atoms with E-state index in [0.29, 0.717) is 17.7 Å². The third-order valence-corrected chi connectivity index (χ3v) is 2.86. The molecular weight excluding hydrogens is 226 g/mol. The molecule has 1 unspecified atom stereocenters. The third kappa shape index (κ3) is 3.53. The molecule has 1 aromatic carbocycles. The maximum Gasteiger partial charge on any atom is 0.251 e. The van der Waals surface area contributed by atoms with E-state index in [1.807, 2.05) is 19.9 Å². The first-order valence-corrected chi connectivity index (χ1v) is 6.01. The van der Waals surface area contributed by atoms with Gasteiger partial charge in [-0.3, -0.25) is 4.79 Å². The minimum Gasteiger partial charge on any atom is -0.496 e. The number of nitrogens with one attached hydrogen (secondary N) is 1. The Labute approximate surface area is 109 Å². The fraction of sp³-hybridized carbons (Fsp3) is 0.400. The highest BCUT2D eigenvalue weighted by Gasteiger charge is 2.12. The van der Waals surface area contributed by atoms with Crippen molar-refractivity contribution in [2.45, 2.75) is 32.7 Å². The van der Waals surface area contributed by atoms with Crippen molar-refractivity contribution in [1.82, 2.24) is 5.32 Å². The van der Waals surface area contributed by atoms with Crippen LogP contribution in [0.2, 0.25) is 0 Å². The number of amides is 1. The Kier molecular flexibility index (Phi) is 5.26. The van der Waals surface area contributed by atoms with Gasteiger partial charge in [-0.2, -0.15) is 0 Å². The minimum absolute atomic E-state index is 0.0230. The summed E-state index contributed by atoms with van der Waals surface area (Å²) in [6, 6.07) is 5.42. The molecule has 0 radical (unpaired) electrons. The Morgan fingerprint density at radius 3 is 2.83 bits per heavy atom. The molecule has 18 heavy (non-hydrogen) atoms. The van der Waals surface area contributed by atoms with Crippen molar-refractivity contribution >= 4 is 5.91 Å². The lowest BCUT2D eigenvalue weighted by molar-refractivity contribution is 0.0936. The molecule has 0 heterocycles.